The Bertz CT molecular complexity index is 586. The van der Waals surface area contributed by atoms with Gasteiger partial charge in [0, 0.05) is 13.5 Å². The summed E-state index contributed by atoms with van der Waals surface area (Å²) in [6.07, 6.45) is 13.3. The largest absolute Gasteiger partial charge is 0.411 e. The first-order valence-electron chi connectivity index (χ1n) is 10.8. The average Bonchev–Trinajstić information content (AvgIpc) is 2.57. The van der Waals surface area contributed by atoms with Gasteiger partial charge in [0.05, 0.1) is 12.1 Å². The van der Waals surface area contributed by atoms with Crippen molar-refractivity contribution in [3.05, 3.63) is 36.5 Å². The van der Waals surface area contributed by atoms with Crippen molar-refractivity contribution in [3.63, 3.8) is 0 Å². The van der Waals surface area contributed by atoms with Crippen LogP contribution in [-0.2, 0) is 9.22 Å². The molecule has 0 spiro atoms. The van der Waals surface area contributed by atoms with Crippen LogP contribution in [0.25, 0.3) is 0 Å². The van der Waals surface area contributed by atoms with E-state index < -0.39 is 8.32 Å². The van der Waals surface area contributed by atoms with E-state index in [1.807, 2.05) is 24.1 Å². The number of likely N-dealkylation sites (N-methyl/N-ethyl adjacent to an activating group) is 1. The van der Waals surface area contributed by atoms with Crippen LogP contribution in [0.3, 0.4) is 0 Å². The maximum atomic E-state index is 12.7. The summed E-state index contributed by atoms with van der Waals surface area (Å²) in [4.78, 5) is 14.6. The quantitative estimate of drug-likeness (QED) is 0.304. The molecule has 28 heavy (non-hydrogen) atoms. The molecule has 0 saturated heterocycles. The summed E-state index contributed by atoms with van der Waals surface area (Å²) in [5, 5.41) is 0.203. The summed E-state index contributed by atoms with van der Waals surface area (Å²) in [5.74, 6) is 0.451. The van der Waals surface area contributed by atoms with Gasteiger partial charge >= 0.3 is 0 Å². The van der Waals surface area contributed by atoms with Crippen LogP contribution in [0.1, 0.15) is 66.7 Å². The second kappa shape index (κ2) is 10.6. The lowest BCUT2D eigenvalue weighted by molar-refractivity contribution is -0.132. The number of carbonyl (C=O) groups is 1. The third kappa shape index (κ3) is 7.04. The molecule has 0 aromatic carbocycles. The van der Waals surface area contributed by atoms with Gasteiger partial charge in [-0.2, -0.15) is 0 Å². The van der Waals surface area contributed by atoms with Gasteiger partial charge in [-0.25, -0.2) is 0 Å². The van der Waals surface area contributed by atoms with Crippen LogP contribution in [0, 0.1) is 5.92 Å². The minimum Gasteiger partial charge on any atom is -0.411 e. The van der Waals surface area contributed by atoms with Crippen LogP contribution in [0.15, 0.2) is 36.5 Å². The van der Waals surface area contributed by atoms with Crippen LogP contribution in [0.4, 0.5) is 0 Å². The molecule has 0 aliphatic carbocycles. The Kier molecular flexibility index (Phi) is 9.42. The summed E-state index contributed by atoms with van der Waals surface area (Å²) < 4.78 is 6.73. The molecule has 0 saturated carbocycles. The maximum absolute atomic E-state index is 12.7. The Labute approximate surface area is 175 Å². The van der Waals surface area contributed by atoms with Crippen LogP contribution in [0.2, 0.25) is 18.1 Å². The van der Waals surface area contributed by atoms with Crippen LogP contribution in [0.5, 0.6) is 0 Å². The molecule has 1 unspecified atom stereocenters. The number of hydrogen-bond donors (Lipinski definition) is 0. The van der Waals surface area contributed by atoms with Gasteiger partial charge in [0.15, 0.2) is 8.32 Å². The van der Waals surface area contributed by atoms with Gasteiger partial charge in [-0.3, -0.25) is 4.79 Å². The number of hydrogen-bond acceptors (Lipinski definition) is 2. The molecule has 0 aromatic rings. The van der Waals surface area contributed by atoms with Gasteiger partial charge < -0.3 is 9.33 Å². The van der Waals surface area contributed by atoms with Crippen molar-refractivity contribution < 1.29 is 9.22 Å². The molecule has 0 N–H and O–H groups in total. The molecular formula is C24H43NO2Si. The highest BCUT2D eigenvalue weighted by molar-refractivity contribution is 6.74. The normalized spacial score (nSPS) is 26.6. The van der Waals surface area contributed by atoms with Gasteiger partial charge in [0.25, 0.3) is 0 Å². The third-order valence-corrected chi connectivity index (χ3v) is 10.9. The number of allylic oxidation sites excluding steroid dienone is 2. The molecule has 1 aliphatic rings. The average molecular weight is 406 g/mol. The van der Waals surface area contributed by atoms with Crippen molar-refractivity contribution in [2.24, 2.45) is 5.92 Å². The molecule has 0 fully saturated rings. The van der Waals surface area contributed by atoms with E-state index in [4.69, 9.17) is 4.43 Å². The molecule has 1 amide bonds. The Hall–Kier alpha value is -1.13. The fraction of sp³-hybridized carbons (Fsp3) is 0.708. The van der Waals surface area contributed by atoms with Gasteiger partial charge in [-0.1, -0.05) is 77.0 Å². The lowest BCUT2D eigenvalue weighted by Gasteiger charge is -2.39. The monoisotopic (exact) mass is 405 g/mol. The first kappa shape index (κ1) is 24.9. The highest BCUT2D eigenvalue weighted by Crippen LogP contribution is 2.38. The minimum atomic E-state index is -1.82. The highest BCUT2D eigenvalue weighted by atomic mass is 28.4. The van der Waals surface area contributed by atoms with E-state index in [9.17, 15) is 4.79 Å². The zero-order chi connectivity index (χ0) is 21.5. The van der Waals surface area contributed by atoms with E-state index in [0.717, 1.165) is 25.7 Å². The van der Waals surface area contributed by atoms with Crippen molar-refractivity contribution in [2.75, 3.05) is 7.05 Å². The molecule has 160 valence electrons. The topological polar surface area (TPSA) is 29.5 Å². The Balaban J connectivity index is 3.16. The maximum Gasteiger partial charge on any atom is 0.222 e. The van der Waals surface area contributed by atoms with Crippen molar-refractivity contribution in [2.45, 2.75) is 97.0 Å². The summed E-state index contributed by atoms with van der Waals surface area (Å²) in [6.45, 7) is 19.6. The van der Waals surface area contributed by atoms with Crippen LogP contribution >= 0.6 is 0 Å². The summed E-state index contributed by atoms with van der Waals surface area (Å²) in [6, 6.07) is 0.0506. The van der Waals surface area contributed by atoms with E-state index in [-0.39, 0.29) is 29.0 Å². The van der Waals surface area contributed by atoms with Crippen molar-refractivity contribution in [1.29, 1.82) is 0 Å². The first-order chi connectivity index (χ1) is 12.9. The Morgan fingerprint density at radius 1 is 1.25 bits per heavy atom. The SMILES string of the molecule is C=CC=C(C)[C@@H]1[C@@H](C)C=CC(O[Si](C)(C)C(C)(C)C)CCCCCC(=O)N1C. The molecule has 0 bridgehead atoms. The fourth-order valence-corrected chi connectivity index (χ4v) is 4.95. The minimum absolute atomic E-state index is 0.0506. The standard InChI is InChI=1S/C24H43NO2Si/c1-10-14-19(2)23-20(3)17-18-21(27-28(8,9)24(4,5)6)15-12-11-13-16-22(26)25(23)7/h10,14,17-18,20-21,23H,1,11-13,15-16H2,2-9H3/t20-,21?,23+/m0/s1. The third-order valence-electron chi connectivity index (χ3n) is 6.42. The number of carbonyl (C=O) groups excluding carboxylic acids is 1. The van der Waals surface area contributed by atoms with E-state index in [1.165, 1.54) is 5.57 Å². The van der Waals surface area contributed by atoms with Crippen LogP contribution in [-0.4, -0.2) is 38.3 Å². The lowest BCUT2D eigenvalue weighted by atomic mass is 9.91. The molecule has 1 rings (SSSR count). The van der Waals surface area contributed by atoms with E-state index in [1.54, 1.807) is 0 Å². The lowest BCUT2D eigenvalue weighted by Crippen LogP contribution is -2.44. The molecule has 4 heteroatoms. The van der Waals surface area contributed by atoms with Gasteiger partial charge in [0.1, 0.15) is 0 Å². The molecule has 0 radical (unpaired) electrons. The smallest absolute Gasteiger partial charge is 0.222 e. The van der Waals surface area contributed by atoms with Crippen molar-refractivity contribution in [3.8, 4) is 0 Å². The predicted octanol–water partition coefficient (Wildman–Crippen LogP) is 6.49. The first-order valence-corrected chi connectivity index (χ1v) is 13.7. The van der Waals surface area contributed by atoms with E-state index in [2.05, 4.69) is 66.4 Å². The van der Waals surface area contributed by atoms with Gasteiger partial charge in [-0.05, 0) is 43.8 Å². The second-order valence-corrected chi connectivity index (χ2v) is 14.6. The second-order valence-electron chi connectivity index (χ2n) is 9.86. The molecule has 3 nitrogen and oxygen atoms in total. The zero-order valence-electron chi connectivity index (χ0n) is 19.5. The Morgan fingerprint density at radius 3 is 2.46 bits per heavy atom. The predicted molar refractivity (Wildman–Crippen MR) is 124 cm³/mol. The number of amides is 1. The zero-order valence-corrected chi connectivity index (χ0v) is 20.5. The number of nitrogens with zero attached hydrogens (tertiary/aromatic N) is 1. The van der Waals surface area contributed by atoms with E-state index >= 15 is 0 Å². The molecule has 1 heterocycles. The summed E-state index contributed by atoms with van der Waals surface area (Å²) in [5.41, 5.74) is 1.17. The van der Waals surface area contributed by atoms with Gasteiger partial charge in [0.2, 0.25) is 5.91 Å². The number of rotatable bonds is 4. The van der Waals surface area contributed by atoms with Gasteiger partial charge in [-0.15, -0.1) is 0 Å². The van der Waals surface area contributed by atoms with Crippen molar-refractivity contribution >= 4 is 14.2 Å². The Morgan fingerprint density at radius 2 is 1.89 bits per heavy atom. The highest BCUT2D eigenvalue weighted by Gasteiger charge is 2.38. The molecular weight excluding hydrogens is 362 g/mol. The molecule has 1 aliphatic heterocycles. The fourth-order valence-electron chi connectivity index (χ4n) is 3.64. The molecule has 3 atom stereocenters. The van der Waals surface area contributed by atoms with Crippen molar-refractivity contribution in [1.82, 2.24) is 4.90 Å². The summed E-state index contributed by atoms with van der Waals surface area (Å²) in [7, 11) is 0.117. The van der Waals surface area contributed by atoms with Crippen LogP contribution < -0.4 is 0 Å². The van der Waals surface area contributed by atoms with E-state index in [0.29, 0.717) is 6.42 Å². The molecule has 0 aromatic heterocycles. The summed E-state index contributed by atoms with van der Waals surface area (Å²) >= 11 is 0.